The molecule has 0 aromatic carbocycles. The molecule has 9 heteroatoms. The highest BCUT2D eigenvalue weighted by Gasteiger charge is 2.21. The molecule has 8 nitrogen and oxygen atoms in total. The standard InChI is InChI=1S/C12H22N6O2S/c1-2-18-5-3-10(4-6-18)7-16-21(19,20)11-8-14-12(17-13)15-9-11/h8-10,16H,2-7,13H2,1H3,(H,14,15,17). The SMILES string of the molecule is CCN1CCC(CNS(=O)(=O)c2cnc(NN)nc2)CC1. The molecule has 21 heavy (non-hydrogen) atoms. The molecule has 0 bridgehead atoms. The molecule has 0 amide bonds. The molecule has 0 atom stereocenters. The van der Waals surface area contributed by atoms with Crippen LogP contribution in [0.15, 0.2) is 17.3 Å². The van der Waals surface area contributed by atoms with Crippen LogP contribution in [0.2, 0.25) is 0 Å². The number of nitrogens with zero attached hydrogens (tertiary/aromatic N) is 3. The minimum absolute atomic E-state index is 0.0486. The van der Waals surface area contributed by atoms with Crippen molar-refractivity contribution in [1.82, 2.24) is 19.6 Å². The van der Waals surface area contributed by atoms with E-state index in [2.05, 4.69) is 31.9 Å². The van der Waals surface area contributed by atoms with Crippen LogP contribution in [0.3, 0.4) is 0 Å². The van der Waals surface area contributed by atoms with Gasteiger partial charge in [-0.15, -0.1) is 0 Å². The number of nitrogen functional groups attached to an aromatic ring is 1. The van der Waals surface area contributed by atoms with Crippen LogP contribution in [0.5, 0.6) is 0 Å². The van der Waals surface area contributed by atoms with E-state index in [0.717, 1.165) is 32.5 Å². The van der Waals surface area contributed by atoms with Crippen molar-refractivity contribution in [2.24, 2.45) is 11.8 Å². The van der Waals surface area contributed by atoms with E-state index in [-0.39, 0.29) is 10.8 Å². The molecule has 1 fully saturated rings. The van der Waals surface area contributed by atoms with E-state index in [4.69, 9.17) is 5.84 Å². The van der Waals surface area contributed by atoms with Crippen molar-refractivity contribution in [3.63, 3.8) is 0 Å². The van der Waals surface area contributed by atoms with Crippen LogP contribution >= 0.6 is 0 Å². The fourth-order valence-corrected chi connectivity index (χ4v) is 3.35. The first-order chi connectivity index (χ1) is 10.0. The number of hydrazine groups is 1. The number of piperidine rings is 1. The third kappa shape index (κ3) is 4.34. The number of hydrogen-bond donors (Lipinski definition) is 3. The molecule has 0 spiro atoms. The Morgan fingerprint density at radius 1 is 1.33 bits per heavy atom. The van der Waals surface area contributed by atoms with Crippen molar-refractivity contribution >= 4 is 16.0 Å². The van der Waals surface area contributed by atoms with Crippen LogP contribution in [-0.2, 0) is 10.0 Å². The summed E-state index contributed by atoms with van der Waals surface area (Å²) in [5, 5.41) is 0. The van der Waals surface area contributed by atoms with Crippen LogP contribution in [0, 0.1) is 5.92 Å². The van der Waals surface area contributed by atoms with Gasteiger partial charge in [-0.3, -0.25) is 5.43 Å². The Morgan fingerprint density at radius 3 is 2.48 bits per heavy atom. The molecule has 0 unspecified atom stereocenters. The average Bonchev–Trinajstić information content (AvgIpc) is 2.53. The van der Waals surface area contributed by atoms with Gasteiger partial charge in [-0.2, -0.15) is 0 Å². The zero-order chi connectivity index (χ0) is 15.3. The molecule has 0 saturated carbocycles. The topological polar surface area (TPSA) is 113 Å². The fraction of sp³-hybridized carbons (Fsp3) is 0.667. The van der Waals surface area contributed by atoms with Gasteiger partial charge in [0.25, 0.3) is 0 Å². The Kier molecular flexibility index (Phi) is 5.45. The van der Waals surface area contributed by atoms with E-state index < -0.39 is 10.0 Å². The largest absolute Gasteiger partial charge is 0.304 e. The summed E-state index contributed by atoms with van der Waals surface area (Å²) in [4.78, 5) is 10.0. The zero-order valence-corrected chi connectivity index (χ0v) is 12.9. The van der Waals surface area contributed by atoms with Crippen molar-refractivity contribution in [3.05, 3.63) is 12.4 Å². The summed E-state index contributed by atoms with van der Waals surface area (Å²) in [7, 11) is -3.56. The second-order valence-corrected chi connectivity index (χ2v) is 6.88. The molecule has 1 saturated heterocycles. The summed E-state index contributed by atoms with van der Waals surface area (Å²) in [6.07, 6.45) is 4.51. The molecule has 2 heterocycles. The molecule has 1 aliphatic rings. The number of aromatic nitrogens is 2. The monoisotopic (exact) mass is 314 g/mol. The van der Waals surface area contributed by atoms with Crippen molar-refractivity contribution in [2.75, 3.05) is 31.6 Å². The van der Waals surface area contributed by atoms with Gasteiger partial charge in [-0.05, 0) is 38.4 Å². The van der Waals surface area contributed by atoms with Crippen molar-refractivity contribution in [3.8, 4) is 0 Å². The third-order valence-electron chi connectivity index (χ3n) is 3.78. The van der Waals surface area contributed by atoms with Crippen LogP contribution in [0.1, 0.15) is 19.8 Å². The van der Waals surface area contributed by atoms with E-state index in [1.807, 2.05) is 0 Å². The fourth-order valence-electron chi connectivity index (χ4n) is 2.35. The van der Waals surface area contributed by atoms with Crippen LogP contribution < -0.4 is 16.0 Å². The highest BCUT2D eigenvalue weighted by Crippen LogP contribution is 2.17. The van der Waals surface area contributed by atoms with Gasteiger partial charge in [-0.1, -0.05) is 6.92 Å². The Morgan fingerprint density at radius 2 is 1.95 bits per heavy atom. The van der Waals surface area contributed by atoms with Gasteiger partial charge in [0, 0.05) is 6.54 Å². The molecule has 1 aromatic rings. The molecule has 1 aliphatic heterocycles. The maximum absolute atomic E-state index is 12.1. The number of anilines is 1. The summed E-state index contributed by atoms with van der Waals surface area (Å²) in [6, 6.07) is 0. The van der Waals surface area contributed by atoms with Crippen LogP contribution in [0.4, 0.5) is 5.95 Å². The minimum atomic E-state index is -3.56. The van der Waals surface area contributed by atoms with E-state index in [9.17, 15) is 8.42 Å². The number of rotatable bonds is 6. The van der Waals surface area contributed by atoms with Crippen molar-refractivity contribution < 1.29 is 8.42 Å². The number of hydrogen-bond acceptors (Lipinski definition) is 7. The lowest BCUT2D eigenvalue weighted by Gasteiger charge is -2.30. The molecule has 4 N–H and O–H groups in total. The molecular formula is C12H22N6O2S. The second kappa shape index (κ2) is 7.12. The van der Waals surface area contributed by atoms with Crippen LogP contribution in [0.25, 0.3) is 0 Å². The highest BCUT2D eigenvalue weighted by atomic mass is 32.2. The van der Waals surface area contributed by atoms with Crippen molar-refractivity contribution in [2.45, 2.75) is 24.7 Å². The van der Waals surface area contributed by atoms with Gasteiger partial charge in [0.2, 0.25) is 16.0 Å². The number of sulfonamides is 1. The quantitative estimate of drug-likeness (QED) is 0.491. The molecule has 0 aliphatic carbocycles. The third-order valence-corrected chi connectivity index (χ3v) is 5.16. The normalized spacial score (nSPS) is 17.8. The summed E-state index contributed by atoms with van der Waals surface area (Å²) < 4.78 is 26.9. The van der Waals surface area contributed by atoms with E-state index >= 15 is 0 Å². The number of likely N-dealkylation sites (tertiary alicyclic amines) is 1. The first-order valence-corrected chi connectivity index (χ1v) is 8.54. The predicted octanol–water partition coefficient (Wildman–Crippen LogP) is -0.228. The molecule has 0 radical (unpaired) electrons. The van der Waals surface area contributed by atoms with E-state index in [0.29, 0.717) is 12.5 Å². The number of nitrogens with two attached hydrogens (primary N) is 1. The lowest BCUT2D eigenvalue weighted by Crippen LogP contribution is -2.38. The molecular weight excluding hydrogens is 292 g/mol. The molecule has 118 valence electrons. The maximum atomic E-state index is 12.1. The summed E-state index contributed by atoms with van der Waals surface area (Å²) >= 11 is 0. The molecule has 2 rings (SSSR count). The van der Waals surface area contributed by atoms with Crippen molar-refractivity contribution in [1.29, 1.82) is 0 Å². The van der Waals surface area contributed by atoms with Gasteiger partial charge in [0.1, 0.15) is 4.90 Å². The zero-order valence-electron chi connectivity index (χ0n) is 12.1. The van der Waals surface area contributed by atoms with E-state index in [1.165, 1.54) is 12.4 Å². The minimum Gasteiger partial charge on any atom is -0.304 e. The highest BCUT2D eigenvalue weighted by molar-refractivity contribution is 7.89. The average molecular weight is 314 g/mol. The van der Waals surface area contributed by atoms with Gasteiger partial charge < -0.3 is 4.90 Å². The smallest absolute Gasteiger partial charge is 0.243 e. The first kappa shape index (κ1) is 16.1. The summed E-state index contributed by atoms with van der Waals surface area (Å²) in [6.45, 7) is 5.71. The Balaban J connectivity index is 1.89. The Hall–Kier alpha value is -1.29. The first-order valence-electron chi connectivity index (χ1n) is 7.06. The lowest BCUT2D eigenvalue weighted by molar-refractivity contribution is 0.194. The second-order valence-electron chi connectivity index (χ2n) is 5.12. The predicted molar refractivity (Wildman–Crippen MR) is 79.9 cm³/mol. The van der Waals surface area contributed by atoms with Crippen LogP contribution in [-0.4, -0.2) is 49.5 Å². The molecule has 1 aromatic heterocycles. The lowest BCUT2D eigenvalue weighted by atomic mass is 9.97. The van der Waals surface area contributed by atoms with Gasteiger partial charge in [0.05, 0.1) is 12.4 Å². The summed E-state index contributed by atoms with van der Waals surface area (Å²) in [5.41, 5.74) is 2.26. The van der Waals surface area contributed by atoms with Gasteiger partial charge >= 0.3 is 0 Å². The van der Waals surface area contributed by atoms with Gasteiger partial charge in [0.15, 0.2) is 0 Å². The number of nitrogens with one attached hydrogen (secondary N) is 2. The Bertz CT molecular complexity index is 539. The Labute approximate surface area is 125 Å². The maximum Gasteiger partial charge on any atom is 0.243 e. The van der Waals surface area contributed by atoms with E-state index in [1.54, 1.807) is 0 Å². The van der Waals surface area contributed by atoms with Gasteiger partial charge in [-0.25, -0.2) is 29.0 Å². The summed E-state index contributed by atoms with van der Waals surface area (Å²) in [5.74, 6) is 5.71.